The first kappa shape index (κ1) is 19.7. The molecule has 1 atom stereocenters. The molecule has 1 rings (SSSR count). The van der Waals surface area contributed by atoms with E-state index >= 15 is 0 Å². The fourth-order valence-corrected chi connectivity index (χ4v) is 3.05. The summed E-state index contributed by atoms with van der Waals surface area (Å²) in [5.41, 5.74) is -1.05. The lowest BCUT2D eigenvalue weighted by Gasteiger charge is -2.29. The summed E-state index contributed by atoms with van der Waals surface area (Å²) in [5, 5.41) is 0. The van der Waals surface area contributed by atoms with Gasteiger partial charge in [-0.05, 0) is 25.0 Å². The van der Waals surface area contributed by atoms with E-state index in [1.54, 1.807) is 18.2 Å². The fraction of sp³-hybridized carbons (Fsp3) is 0.700. The zero-order valence-electron chi connectivity index (χ0n) is 14.8. The molecule has 0 fully saturated rings. The molecule has 0 aromatic carbocycles. The molecule has 1 unspecified atom stereocenters. The monoisotopic (exact) mass is 320 g/mol. The van der Waals surface area contributed by atoms with Crippen molar-refractivity contribution in [2.24, 2.45) is 0 Å². The lowest BCUT2D eigenvalue weighted by atomic mass is 9.87. The SMILES string of the molecule is CCCCCCCCCCCCC1(OC(C)=O)C=CC=CC1=O. The Morgan fingerprint density at radius 1 is 0.957 bits per heavy atom. The van der Waals surface area contributed by atoms with Crippen molar-refractivity contribution in [3.05, 3.63) is 24.3 Å². The smallest absolute Gasteiger partial charge is 0.303 e. The van der Waals surface area contributed by atoms with Crippen molar-refractivity contribution < 1.29 is 14.3 Å². The maximum Gasteiger partial charge on any atom is 0.303 e. The lowest BCUT2D eigenvalue weighted by Crippen LogP contribution is -2.41. The van der Waals surface area contributed by atoms with Gasteiger partial charge in [0.2, 0.25) is 5.78 Å². The summed E-state index contributed by atoms with van der Waals surface area (Å²) in [5.74, 6) is -0.517. The van der Waals surface area contributed by atoms with Crippen molar-refractivity contribution in [2.75, 3.05) is 0 Å². The largest absolute Gasteiger partial charge is 0.447 e. The number of carbonyl (C=O) groups is 2. The van der Waals surface area contributed by atoms with Gasteiger partial charge < -0.3 is 4.74 Å². The van der Waals surface area contributed by atoms with Crippen LogP contribution in [0.25, 0.3) is 0 Å². The maximum atomic E-state index is 12.1. The third-order valence-electron chi connectivity index (χ3n) is 4.37. The average molecular weight is 320 g/mol. The number of ketones is 1. The Bertz CT molecular complexity index is 423. The summed E-state index contributed by atoms with van der Waals surface area (Å²) in [4.78, 5) is 23.4. The summed E-state index contributed by atoms with van der Waals surface area (Å²) >= 11 is 0. The molecule has 0 amide bonds. The van der Waals surface area contributed by atoms with Crippen LogP contribution in [0.15, 0.2) is 24.3 Å². The van der Waals surface area contributed by atoms with E-state index in [-0.39, 0.29) is 5.78 Å². The Morgan fingerprint density at radius 2 is 1.52 bits per heavy atom. The van der Waals surface area contributed by atoms with Gasteiger partial charge >= 0.3 is 5.97 Å². The molecule has 1 aliphatic carbocycles. The molecular formula is C20H32O3. The van der Waals surface area contributed by atoms with Crippen LogP contribution in [0, 0.1) is 0 Å². The molecule has 0 aromatic rings. The molecule has 3 heteroatoms. The minimum absolute atomic E-state index is 0.119. The van der Waals surface area contributed by atoms with Gasteiger partial charge in [0.05, 0.1) is 0 Å². The molecule has 0 aromatic heterocycles. The highest BCUT2D eigenvalue weighted by atomic mass is 16.6. The first-order valence-corrected chi connectivity index (χ1v) is 9.20. The van der Waals surface area contributed by atoms with Crippen molar-refractivity contribution in [3.8, 4) is 0 Å². The predicted octanol–water partition coefficient (Wildman–Crippen LogP) is 5.29. The third-order valence-corrected chi connectivity index (χ3v) is 4.37. The fourth-order valence-electron chi connectivity index (χ4n) is 3.05. The molecule has 3 nitrogen and oxygen atoms in total. The first-order valence-electron chi connectivity index (χ1n) is 9.20. The van der Waals surface area contributed by atoms with Gasteiger partial charge in [0.15, 0.2) is 5.60 Å². The Morgan fingerprint density at radius 3 is 2.04 bits per heavy atom. The van der Waals surface area contributed by atoms with Gasteiger partial charge in [-0.15, -0.1) is 0 Å². The van der Waals surface area contributed by atoms with Crippen LogP contribution in [-0.4, -0.2) is 17.4 Å². The number of hydrogen-bond acceptors (Lipinski definition) is 3. The molecule has 0 bridgehead atoms. The van der Waals surface area contributed by atoms with E-state index in [9.17, 15) is 9.59 Å². The third kappa shape index (κ3) is 7.62. The standard InChI is InChI=1S/C20H32O3/c1-3-4-5-6-7-8-9-10-11-13-16-20(23-18(2)21)17-14-12-15-19(20)22/h12,14-15,17H,3-11,13,16H2,1-2H3. The van der Waals surface area contributed by atoms with E-state index in [2.05, 4.69) is 6.92 Å². The Hall–Kier alpha value is -1.38. The highest BCUT2D eigenvalue weighted by Crippen LogP contribution is 2.27. The molecule has 130 valence electrons. The second-order valence-electron chi connectivity index (χ2n) is 6.50. The molecular weight excluding hydrogens is 288 g/mol. The predicted molar refractivity (Wildman–Crippen MR) is 94.2 cm³/mol. The maximum absolute atomic E-state index is 12.1. The van der Waals surface area contributed by atoms with Gasteiger partial charge in [-0.1, -0.05) is 76.9 Å². The van der Waals surface area contributed by atoms with Crippen LogP contribution < -0.4 is 0 Å². The van der Waals surface area contributed by atoms with Crippen LogP contribution in [0.1, 0.15) is 84.5 Å². The van der Waals surface area contributed by atoms with Crippen LogP contribution in [-0.2, 0) is 14.3 Å². The lowest BCUT2D eigenvalue weighted by molar-refractivity contribution is -0.159. The van der Waals surface area contributed by atoms with Crippen molar-refractivity contribution in [2.45, 2.75) is 90.1 Å². The van der Waals surface area contributed by atoms with E-state index in [1.165, 1.54) is 64.4 Å². The van der Waals surface area contributed by atoms with Gasteiger partial charge in [0, 0.05) is 6.92 Å². The summed E-state index contributed by atoms with van der Waals surface area (Å²) in [7, 11) is 0. The van der Waals surface area contributed by atoms with Crippen LogP contribution in [0.3, 0.4) is 0 Å². The topological polar surface area (TPSA) is 43.4 Å². The van der Waals surface area contributed by atoms with Gasteiger partial charge in [-0.2, -0.15) is 0 Å². The van der Waals surface area contributed by atoms with Crippen molar-refractivity contribution in [3.63, 3.8) is 0 Å². The minimum atomic E-state index is -1.05. The number of ether oxygens (including phenoxy) is 1. The number of esters is 1. The summed E-state index contributed by atoms with van der Waals surface area (Å²) in [6, 6.07) is 0. The minimum Gasteiger partial charge on any atom is -0.447 e. The van der Waals surface area contributed by atoms with Crippen LogP contribution in [0.4, 0.5) is 0 Å². The first-order chi connectivity index (χ1) is 11.1. The molecule has 0 heterocycles. The Labute approximate surface area is 141 Å². The van der Waals surface area contributed by atoms with Gasteiger partial charge in [0.25, 0.3) is 0 Å². The van der Waals surface area contributed by atoms with E-state index in [4.69, 9.17) is 4.74 Å². The molecule has 0 radical (unpaired) electrons. The molecule has 0 aliphatic heterocycles. The summed E-state index contributed by atoms with van der Waals surface area (Å²) < 4.78 is 5.35. The molecule has 0 spiro atoms. The van der Waals surface area contributed by atoms with Crippen molar-refractivity contribution >= 4 is 11.8 Å². The Balaban J connectivity index is 2.19. The number of unbranched alkanes of at least 4 members (excludes halogenated alkanes) is 9. The second-order valence-corrected chi connectivity index (χ2v) is 6.50. The quantitative estimate of drug-likeness (QED) is 0.362. The summed E-state index contributed by atoms with van der Waals surface area (Å²) in [6.07, 6.45) is 19.8. The Kier molecular flexibility index (Phi) is 9.58. The normalized spacial score (nSPS) is 20.0. The number of carbonyl (C=O) groups excluding carboxylic acids is 2. The molecule has 0 saturated heterocycles. The van der Waals surface area contributed by atoms with Crippen molar-refractivity contribution in [1.82, 2.24) is 0 Å². The van der Waals surface area contributed by atoms with E-state index < -0.39 is 11.6 Å². The van der Waals surface area contributed by atoms with Gasteiger partial charge in [-0.3, -0.25) is 9.59 Å². The highest BCUT2D eigenvalue weighted by molar-refractivity contribution is 6.01. The number of rotatable bonds is 12. The van der Waals surface area contributed by atoms with Crippen LogP contribution >= 0.6 is 0 Å². The number of allylic oxidation sites excluding steroid dienone is 2. The van der Waals surface area contributed by atoms with E-state index in [1.807, 2.05) is 0 Å². The van der Waals surface area contributed by atoms with Crippen molar-refractivity contribution in [1.29, 1.82) is 0 Å². The van der Waals surface area contributed by atoms with Gasteiger partial charge in [0.1, 0.15) is 0 Å². The number of hydrogen-bond donors (Lipinski definition) is 0. The van der Waals surface area contributed by atoms with E-state index in [0.29, 0.717) is 6.42 Å². The second kappa shape index (κ2) is 11.2. The van der Waals surface area contributed by atoms with Crippen LogP contribution in [0.5, 0.6) is 0 Å². The average Bonchev–Trinajstić information content (AvgIpc) is 2.51. The summed E-state index contributed by atoms with van der Waals surface area (Å²) in [6.45, 7) is 3.60. The molecule has 23 heavy (non-hydrogen) atoms. The van der Waals surface area contributed by atoms with Crippen LogP contribution in [0.2, 0.25) is 0 Å². The zero-order valence-corrected chi connectivity index (χ0v) is 14.8. The molecule has 0 N–H and O–H groups in total. The van der Waals surface area contributed by atoms with Gasteiger partial charge in [-0.25, -0.2) is 0 Å². The van der Waals surface area contributed by atoms with E-state index in [0.717, 1.165) is 12.8 Å². The zero-order chi connectivity index (χ0) is 17.0. The molecule has 1 aliphatic rings. The molecule has 0 saturated carbocycles. The highest BCUT2D eigenvalue weighted by Gasteiger charge is 2.37.